The molecule has 0 amide bonds. The Morgan fingerprint density at radius 1 is 0.373 bits per heavy atom. The Kier molecular flexibility index (Phi) is 15.7. The molecule has 0 aromatic carbocycles. The van der Waals surface area contributed by atoms with Gasteiger partial charge in [-0.3, -0.25) is 0 Å². The van der Waals surface area contributed by atoms with Crippen LogP contribution in [0, 0.1) is 68.0 Å². The molecule has 2 rings (SSSR count). The van der Waals surface area contributed by atoms with Crippen LogP contribution in [0.4, 0.5) is 149 Å². The van der Waals surface area contributed by atoms with Gasteiger partial charge in [0.15, 0.2) is 10.8 Å². The average Bonchev–Trinajstić information content (AvgIpc) is 3.76. The van der Waals surface area contributed by atoms with Crippen molar-refractivity contribution in [1.82, 2.24) is 0 Å². The van der Waals surface area contributed by atoms with Crippen molar-refractivity contribution in [2.24, 2.45) is 22.7 Å². The third-order valence-corrected chi connectivity index (χ3v) is 20.7. The van der Waals surface area contributed by atoms with Crippen LogP contribution in [0.5, 0.6) is 0 Å². The van der Waals surface area contributed by atoms with Gasteiger partial charge in [-0.15, -0.1) is 0 Å². The van der Waals surface area contributed by atoms with Crippen LogP contribution in [0.2, 0.25) is 43.8 Å². The molecule has 75 heavy (non-hydrogen) atoms. The fraction of sp³-hybridized carbons (Fsp3) is 0.829. The smallest absolute Gasteiger partial charge is 0.200 e. The molecule has 1 fully saturated rings. The molecular weight excluding hydrogens is 1180 g/mol. The summed E-state index contributed by atoms with van der Waals surface area (Å²) < 4.78 is 474. The van der Waals surface area contributed by atoms with Gasteiger partial charge in [0.25, 0.3) is 0 Å². The van der Waals surface area contributed by atoms with Gasteiger partial charge in [-0.1, -0.05) is 43.5 Å². The topological polar surface area (TPSA) is 95.2 Å². The van der Waals surface area contributed by atoms with Crippen molar-refractivity contribution in [2.75, 3.05) is 0 Å². The Morgan fingerprint density at radius 2 is 0.613 bits per heavy atom. The summed E-state index contributed by atoms with van der Waals surface area (Å²) in [5.74, 6) is -124. The SMILES string of the molecule is C[Si](C)(CCC(F)(F)C(F)(F)C(F)(F)C(F)(F)C(F)(F)C(F)(F)C(F)(F)C(F)(F)F)C1=C[C@H]2[C@@H]([Si](C)(C)CCC(F)(F)C(F)(F)C(F)(F)C(F)(F)C(F)(F)C(F)(F)C(F)(F)C(F)(F)F)[C@@H]1C(C#N)(C#N)C2(C#N)C#N. The maximum Gasteiger partial charge on any atom is 0.460 e. The first-order valence-corrected chi connectivity index (χ1v) is 25.7. The number of fused-ring (bicyclic) bond motifs is 2. The van der Waals surface area contributed by atoms with Gasteiger partial charge in [0, 0.05) is 24.7 Å². The van der Waals surface area contributed by atoms with Crippen LogP contribution in [-0.4, -0.2) is 111 Å². The zero-order valence-electron chi connectivity index (χ0n) is 36.3. The predicted octanol–water partition coefficient (Wildman–Crippen LogP) is 15.4. The molecule has 0 aromatic rings. The van der Waals surface area contributed by atoms with Gasteiger partial charge in [-0.25, -0.2) is 0 Å². The molecule has 3 atom stereocenters. The highest BCUT2D eigenvalue weighted by Crippen LogP contribution is 2.75. The van der Waals surface area contributed by atoms with E-state index in [4.69, 9.17) is 0 Å². The van der Waals surface area contributed by atoms with Gasteiger partial charge in [0.1, 0.15) is 0 Å². The Balaban J connectivity index is 2.77. The second-order valence-corrected chi connectivity index (χ2v) is 28.4. The summed E-state index contributed by atoms with van der Waals surface area (Å²) >= 11 is 0. The van der Waals surface area contributed by atoms with E-state index in [9.17, 15) is 153 Å². The minimum Gasteiger partial charge on any atom is -0.200 e. The molecule has 430 valence electrons. The lowest BCUT2D eigenvalue weighted by Crippen LogP contribution is -2.74. The summed E-state index contributed by atoms with van der Waals surface area (Å²) in [5, 5.41) is 39.8. The number of hydrogen-bond acceptors (Lipinski definition) is 4. The first-order chi connectivity index (χ1) is 32.4. The van der Waals surface area contributed by atoms with Crippen LogP contribution in [0.1, 0.15) is 12.8 Å². The van der Waals surface area contributed by atoms with Crippen LogP contribution in [0.25, 0.3) is 0 Å². The Hall–Kier alpha value is -4.25. The van der Waals surface area contributed by atoms with E-state index >= 15 is 17.6 Å². The summed E-state index contributed by atoms with van der Waals surface area (Å²) in [7, 11) is -9.71. The van der Waals surface area contributed by atoms with E-state index in [2.05, 4.69) is 0 Å². The highest BCUT2D eigenvalue weighted by molar-refractivity contribution is 6.85. The first-order valence-electron chi connectivity index (χ1n) is 19.2. The largest absolute Gasteiger partial charge is 0.460 e. The van der Waals surface area contributed by atoms with Gasteiger partial charge in [0.05, 0.1) is 40.4 Å². The summed E-state index contributed by atoms with van der Waals surface area (Å²) in [6.07, 6.45) is -22.1. The second kappa shape index (κ2) is 17.6. The van der Waals surface area contributed by atoms with Crippen LogP contribution in [-0.2, 0) is 0 Å². The molecular formula is C35H24F34N4Si2. The number of nitriles is 4. The predicted molar refractivity (Wildman–Crippen MR) is 181 cm³/mol. The van der Waals surface area contributed by atoms with E-state index in [0.717, 1.165) is 24.3 Å². The molecule has 0 unspecified atom stereocenters. The molecule has 0 saturated heterocycles. The van der Waals surface area contributed by atoms with Crippen LogP contribution >= 0.6 is 0 Å². The zero-order chi connectivity index (χ0) is 60.7. The number of rotatable bonds is 20. The van der Waals surface area contributed by atoms with E-state index in [1.807, 2.05) is 0 Å². The minimum atomic E-state index is -9.04. The molecule has 0 spiro atoms. The average molecular weight is 1200 g/mol. The Morgan fingerprint density at radius 3 is 0.867 bits per heavy atom. The van der Waals surface area contributed by atoms with Gasteiger partial charge in [0.2, 0.25) is 0 Å². The number of nitrogens with zero attached hydrogens (tertiary/aromatic N) is 4. The lowest BCUT2D eigenvalue weighted by atomic mass is 9.60. The fourth-order valence-corrected chi connectivity index (χ4v) is 15.7. The van der Waals surface area contributed by atoms with E-state index in [0.29, 0.717) is 32.3 Å². The standard InChI is InChI=1S/C35H24F34N4Si2/c1-74(2,7-5-20(36,37)22(40,41)24(44,45)26(48,49)28(52,53)30(56,57)32(60,61)34(64,65)66)15-9-14-17(16(15)19(12-72,13-73)18(14,10-70)11-71)75(3,4)8-6-21(38,39)23(42,43)25(46,47)27(50,51)29(54,55)31(58,59)33(62,63)35(67,68)69/h9,14,16-17H,5-8H2,1-4H3/t14-,16+,17+/m0/s1. The highest BCUT2D eigenvalue weighted by atomic mass is 28.3. The summed E-state index contributed by atoms with van der Waals surface area (Å²) in [5.41, 5.74) is -8.94. The summed E-state index contributed by atoms with van der Waals surface area (Å²) in [4.78, 5) is 0. The van der Waals surface area contributed by atoms with Crippen LogP contribution < -0.4 is 0 Å². The molecule has 0 N–H and O–H groups in total. The number of halogens is 34. The zero-order valence-corrected chi connectivity index (χ0v) is 38.3. The minimum absolute atomic E-state index is 0.443. The Bertz CT molecular complexity index is 2380. The van der Waals surface area contributed by atoms with Gasteiger partial charge in [-0.05, 0) is 11.6 Å². The maximum atomic E-state index is 15.2. The molecule has 4 nitrogen and oxygen atoms in total. The maximum absolute atomic E-state index is 15.2. The van der Waals surface area contributed by atoms with Gasteiger partial charge < -0.3 is 0 Å². The lowest BCUT2D eigenvalue weighted by Gasteiger charge is -2.44. The molecule has 0 radical (unpaired) electrons. The number of hydrogen-bond donors (Lipinski definition) is 0. The first kappa shape index (κ1) is 66.9. The third kappa shape index (κ3) is 8.27. The molecule has 2 bridgehead atoms. The molecule has 2 aliphatic carbocycles. The second-order valence-electron chi connectivity index (χ2n) is 18.4. The van der Waals surface area contributed by atoms with Gasteiger partial charge in [-0.2, -0.15) is 170 Å². The summed E-state index contributed by atoms with van der Waals surface area (Å²) in [6, 6.07) is 0.430. The van der Waals surface area contributed by atoms with Crippen molar-refractivity contribution in [3.05, 3.63) is 11.3 Å². The Labute approximate surface area is 396 Å². The van der Waals surface area contributed by atoms with Crippen molar-refractivity contribution in [2.45, 2.75) is 152 Å². The molecule has 0 aromatic heterocycles. The molecule has 1 saturated carbocycles. The monoisotopic (exact) mass is 1200 g/mol. The lowest BCUT2D eigenvalue weighted by molar-refractivity contribution is -0.461. The van der Waals surface area contributed by atoms with Crippen molar-refractivity contribution in [3.8, 4) is 24.3 Å². The number of alkyl halides is 34. The van der Waals surface area contributed by atoms with Crippen LogP contribution in [0.15, 0.2) is 11.3 Å². The van der Waals surface area contributed by atoms with Crippen LogP contribution in [0.3, 0.4) is 0 Å². The molecule has 0 heterocycles. The third-order valence-electron chi connectivity index (χ3n) is 13.1. The van der Waals surface area contributed by atoms with E-state index in [1.54, 1.807) is 0 Å². The summed E-state index contributed by atoms with van der Waals surface area (Å²) in [6.45, 7) is 2.17. The molecule has 0 aliphatic heterocycles. The molecule has 40 heteroatoms. The van der Waals surface area contributed by atoms with Crippen molar-refractivity contribution in [3.63, 3.8) is 0 Å². The normalized spacial score (nSPS) is 21.5. The molecule has 2 aliphatic rings. The van der Waals surface area contributed by atoms with Crippen molar-refractivity contribution < 1.29 is 149 Å². The van der Waals surface area contributed by atoms with E-state index in [-0.39, 0.29) is 0 Å². The van der Waals surface area contributed by atoms with Crippen molar-refractivity contribution >= 4 is 16.1 Å². The quantitative estimate of drug-likeness (QED) is 0.0896. The number of allylic oxidation sites excluding steroid dienone is 2. The highest BCUT2D eigenvalue weighted by Gasteiger charge is 2.97. The van der Waals surface area contributed by atoms with Crippen molar-refractivity contribution in [1.29, 1.82) is 21.0 Å². The van der Waals surface area contributed by atoms with E-state index in [1.165, 1.54) is 0 Å². The van der Waals surface area contributed by atoms with E-state index < -0.39 is 170 Å². The van der Waals surface area contributed by atoms with Gasteiger partial charge >= 0.3 is 95.3 Å². The fourth-order valence-electron chi connectivity index (χ4n) is 8.45.